The zero-order valence-electron chi connectivity index (χ0n) is 15.7. The van der Waals surface area contributed by atoms with Crippen LogP contribution in [0.25, 0.3) is 11.6 Å². The van der Waals surface area contributed by atoms with Crippen LogP contribution in [0.15, 0.2) is 59.2 Å². The summed E-state index contributed by atoms with van der Waals surface area (Å²) in [5.74, 6) is -0.0418. The van der Waals surface area contributed by atoms with Crippen molar-refractivity contribution in [1.29, 1.82) is 5.26 Å². The van der Waals surface area contributed by atoms with E-state index in [2.05, 4.69) is 24.8 Å². The fraction of sp³-hybridized carbons (Fsp3) is 0.182. The number of allylic oxidation sites excluding steroid dienone is 3. The van der Waals surface area contributed by atoms with Gasteiger partial charge in [-0.05, 0) is 55.7 Å². The van der Waals surface area contributed by atoms with Crippen molar-refractivity contribution < 1.29 is 14.6 Å². The predicted molar refractivity (Wildman–Crippen MR) is 112 cm³/mol. The third-order valence-corrected chi connectivity index (χ3v) is 5.35. The Bertz CT molecular complexity index is 1010. The molecule has 1 aromatic heterocycles. The molecule has 0 spiro atoms. The van der Waals surface area contributed by atoms with Gasteiger partial charge >= 0.3 is 5.97 Å². The monoisotopic (exact) mass is 392 g/mol. The van der Waals surface area contributed by atoms with Crippen molar-refractivity contribution in [2.24, 2.45) is 0 Å². The second-order valence-electron chi connectivity index (χ2n) is 6.06. The molecule has 1 aromatic carbocycles. The summed E-state index contributed by atoms with van der Waals surface area (Å²) in [6.45, 7) is 5.98. The first-order valence-electron chi connectivity index (χ1n) is 8.95. The van der Waals surface area contributed by atoms with Gasteiger partial charge < -0.3 is 14.7 Å². The highest BCUT2D eigenvalue weighted by Gasteiger charge is 2.20. The number of anilines is 1. The standard InChI is InChI=1S/C22H20N2O3S/c1-3-24(4-2)17-9-7-15-12-18(21-6-5-11-28-21)19(27-20(15)13-17)10-8-16(14-23)22(25)26/h5-13H,3-4H2,1-2H3,(H,25,26)/b16-8-,19-10+. The SMILES string of the molecule is CCN(CC)c1ccc2c(c1)O/C(=C/C=C(/C#N)C(=O)O)C(c1cccs1)=C2. The number of thiophene rings is 1. The second-order valence-corrected chi connectivity index (χ2v) is 7.01. The Morgan fingerprint density at radius 2 is 2.11 bits per heavy atom. The molecule has 0 amide bonds. The lowest BCUT2D eigenvalue weighted by atomic mass is 10.0. The molecule has 1 aliphatic heterocycles. The largest absolute Gasteiger partial charge is 0.477 e. The van der Waals surface area contributed by atoms with Crippen LogP contribution < -0.4 is 9.64 Å². The molecule has 142 valence electrons. The molecule has 0 saturated carbocycles. The summed E-state index contributed by atoms with van der Waals surface area (Å²) in [5, 5.41) is 20.1. The van der Waals surface area contributed by atoms with Crippen LogP contribution in [0.2, 0.25) is 0 Å². The summed E-state index contributed by atoms with van der Waals surface area (Å²) in [6.07, 6.45) is 4.85. The molecule has 0 fully saturated rings. The van der Waals surface area contributed by atoms with Crippen LogP contribution in [-0.2, 0) is 4.79 Å². The Morgan fingerprint density at radius 3 is 2.71 bits per heavy atom. The molecule has 0 radical (unpaired) electrons. The van der Waals surface area contributed by atoms with E-state index < -0.39 is 5.97 Å². The topological polar surface area (TPSA) is 73.6 Å². The van der Waals surface area contributed by atoms with E-state index in [1.807, 2.05) is 35.7 Å². The van der Waals surface area contributed by atoms with Gasteiger partial charge in [-0.2, -0.15) is 5.26 Å². The van der Waals surface area contributed by atoms with Gasteiger partial charge in [-0.25, -0.2) is 4.79 Å². The Balaban J connectivity index is 2.08. The number of aliphatic carboxylic acids is 1. The van der Waals surface area contributed by atoms with Crippen molar-refractivity contribution in [2.75, 3.05) is 18.0 Å². The summed E-state index contributed by atoms with van der Waals surface area (Å²) in [7, 11) is 0. The maximum atomic E-state index is 11.1. The Labute approximate surface area is 168 Å². The lowest BCUT2D eigenvalue weighted by molar-refractivity contribution is -0.132. The lowest BCUT2D eigenvalue weighted by Gasteiger charge is -2.25. The smallest absolute Gasteiger partial charge is 0.346 e. The molecule has 1 aliphatic rings. The van der Waals surface area contributed by atoms with E-state index in [9.17, 15) is 4.79 Å². The highest BCUT2D eigenvalue weighted by atomic mass is 32.1. The Kier molecular flexibility index (Phi) is 5.97. The van der Waals surface area contributed by atoms with Gasteiger partial charge in [-0.1, -0.05) is 6.07 Å². The molecule has 2 heterocycles. The van der Waals surface area contributed by atoms with Crippen molar-refractivity contribution >= 4 is 34.6 Å². The minimum Gasteiger partial charge on any atom is -0.477 e. The number of carbonyl (C=O) groups is 1. The fourth-order valence-electron chi connectivity index (χ4n) is 2.98. The van der Waals surface area contributed by atoms with Crippen molar-refractivity contribution in [3.05, 3.63) is 69.6 Å². The van der Waals surface area contributed by atoms with Gasteiger partial charge in [0.25, 0.3) is 0 Å². The number of nitriles is 1. The summed E-state index contributed by atoms with van der Waals surface area (Å²) >= 11 is 1.57. The van der Waals surface area contributed by atoms with Gasteiger partial charge in [0.15, 0.2) is 0 Å². The molecule has 6 heteroatoms. The van der Waals surface area contributed by atoms with E-state index in [0.717, 1.165) is 34.8 Å². The van der Waals surface area contributed by atoms with Gasteiger partial charge in [-0.15, -0.1) is 11.3 Å². The fourth-order valence-corrected chi connectivity index (χ4v) is 3.73. The molecular formula is C22H20N2O3S. The number of rotatable bonds is 6. The maximum absolute atomic E-state index is 11.1. The van der Waals surface area contributed by atoms with Gasteiger partial charge in [0.05, 0.1) is 0 Å². The van der Waals surface area contributed by atoms with Crippen molar-refractivity contribution in [2.45, 2.75) is 13.8 Å². The second kappa shape index (κ2) is 8.59. The van der Waals surface area contributed by atoms with Gasteiger partial charge in [0.2, 0.25) is 0 Å². The summed E-state index contributed by atoms with van der Waals surface area (Å²) in [4.78, 5) is 14.4. The number of carboxylic acids is 1. The van der Waals surface area contributed by atoms with Gasteiger partial charge in [0, 0.05) is 40.9 Å². The van der Waals surface area contributed by atoms with Crippen LogP contribution in [0.3, 0.4) is 0 Å². The summed E-state index contributed by atoms with van der Waals surface area (Å²) in [5.41, 5.74) is 2.54. The van der Waals surface area contributed by atoms with Crippen LogP contribution in [0.1, 0.15) is 24.3 Å². The van der Waals surface area contributed by atoms with Gasteiger partial charge in [0.1, 0.15) is 23.2 Å². The quantitative estimate of drug-likeness (QED) is 0.556. The normalized spacial score (nSPS) is 14.7. The third kappa shape index (κ3) is 4.00. The molecule has 1 N–H and O–H groups in total. The van der Waals surface area contributed by atoms with Crippen LogP contribution in [0, 0.1) is 11.3 Å². The molecule has 0 saturated heterocycles. The highest BCUT2D eigenvalue weighted by Crippen LogP contribution is 2.39. The average Bonchev–Trinajstić information content (AvgIpc) is 3.23. The minimum absolute atomic E-state index is 0.343. The van der Waals surface area contributed by atoms with E-state index in [1.165, 1.54) is 6.08 Å². The first-order chi connectivity index (χ1) is 13.6. The molecule has 5 nitrogen and oxygen atoms in total. The summed E-state index contributed by atoms with van der Waals surface area (Å²) in [6, 6.07) is 11.7. The Hall–Kier alpha value is -3.30. The number of nitrogens with zero attached hydrogens (tertiary/aromatic N) is 2. The average molecular weight is 392 g/mol. The van der Waals surface area contributed by atoms with Crippen molar-refractivity contribution in [3.8, 4) is 11.8 Å². The maximum Gasteiger partial charge on any atom is 0.346 e. The van der Waals surface area contributed by atoms with E-state index in [1.54, 1.807) is 23.5 Å². The van der Waals surface area contributed by atoms with E-state index >= 15 is 0 Å². The van der Waals surface area contributed by atoms with Crippen LogP contribution in [0.5, 0.6) is 5.75 Å². The number of ether oxygens (including phenoxy) is 1. The molecule has 2 aromatic rings. The zero-order chi connectivity index (χ0) is 20.1. The molecule has 3 rings (SSSR count). The number of hydrogen-bond acceptors (Lipinski definition) is 5. The zero-order valence-corrected chi connectivity index (χ0v) is 16.5. The number of fused-ring (bicyclic) bond motifs is 1. The molecule has 0 bridgehead atoms. The number of carboxylic acid groups (broad SMARTS) is 1. The van der Waals surface area contributed by atoms with Crippen molar-refractivity contribution in [3.63, 3.8) is 0 Å². The number of benzene rings is 1. The van der Waals surface area contributed by atoms with E-state index in [4.69, 9.17) is 15.1 Å². The van der Waals surface area contributed by atoms with Crippen LogP contribution in [-0.4, -0.2) is 24.2 Å². The van der Waals surface area contributed by atoms with Crippen molar-refractivity contribution in [1.82, 2.24) is 0 Å². The number of hydrogen-bond donors (Lipinski definition) is 1. The van der Waals surface area contributed by atoms with Crippen LogP contribution in [0.4, 0.5) is 5.69 Å². The molecule has 0 aliphatic carbocycles. The van der Waals surface area contributed by atoms with E-state index in [0.29, 0.717) is 11.5 Å². The predicted octanol–water partition coefficient (Wildman–Crippen LogP) is 4.95. The van der Waals surface area contributed by atoms with Crippen LogP contribution >= 0.6 is 11.3 Å². The molecule has 0 atom stereocenters. The molecular weight excluding hydrogens is 372 g/mol. The first-order valence-corrected chi connectivity index (χ1v) is 9.83. The Morgan fingerprint density at radius 1 is 1.32 bits per heavy atom. The summed E-state index contributed by atoms with van der Waals surface area (Å²) < 4.78 is 6.15. The lowest BCUT2D eigenvalue weighted by Crippen LogP contribution is -2.21. The highest BCUT2D eigenvalue weighted by molar-refractivity contribution is 7.11. The van der Waals surface area contributed by atoms with E-state index in [-0.39, 0.29) is 5.57 Å². The first kappa shape index (κ1) is 19.5. The minimum atomic E-state index is -1.26. The molecule has 0 unspecified atom stereocenters. The third-order valence-electron chi connectivity index (χ3n) is 4.45. The van der Waals surface area contributed by atoms with Gasteiger partial charge in [-0.3, -0.25) is 0 Å². The molecule has 28 heavy (non-hydrogen) atoms.